The number of carboxylic acid groups (broad SMARTS) is 1. The third kappa shape index (κ3) is 5.02. The molecule has 0 aliphatic rings. The number of hydrogen-bond donors (Lipinski definition) is 1. The van der Waals surface area contributed by atoms with Gasteiger partial charge in [-0.05, 0) is 13.8 Å². The lowest BCUT2D eigenvalue weighted by Gasteiger charge is -2.20. The molecule has 128 valence electrons. The number of nitro groups is 1. The first-order valence-electron chi connectivity index (χ1n) is 6.94. The van der Waals surface area contributed by atoms with Gasteiger partial charge in [0.1, 0.15) is 17.9 Å². The van der Waals surface area contributed by atoms with Gasteiger partial charge in [0.05, 0.1) is 18.1 Å². The van der Waals surface area contributed by atoms with E-state index in [1.165, 1.54) is 23.6 Å². The highest BCUT2D eigenvalue weighted by Crippen LogP contribution is 2.21. The van der Waals surface area contributed by atoms with Crippen LogP contribution in [0.15, 0.2) is 0 Å². The van der Waals surface area contributed by atoms with Crippen LogP contribution in [0.3, 0.4) is 0 Å². The smallest absolute Gasteiger partial charge is 0.323 e. The van der Waals surface area contributed by atoms with Crippen molar-refractivity contribution in [1.29, 1.82) is 0 Å². The monoisotopic (exact) mass is 328 g/mol. The summed E-state index contributed by atoms with van der Waals surface area (Å²) in [4.78, 5) is 34.5. The summed E-state index contributed by atoms with van der Waals surface area (Å²) in [6.07, 6.45) is -0.00386. The Morgan fingerprint density at radius 2 is 2.09 bits per heavy atom. The number of nitrogens with zero attached hydrogens (tertiary/aromatic N) is 4. The summed E-state index contributed by atoms with van der Waals surface area (Å²) in [7, 11) is 1.46. The van der Waals surface area contributed by atoms with Crippen LogP contribution in [0.4, 0.5) is 5.69 Å². The maximum absolute atomic E-state index is 12.1. The SMILES string of the molecule is COCCN(CC(=O)O)C(=O)CCn1nc(C)c([N+](=O)[O-])c1C. The zero-order valence-corrected chi connectivity index (χ0v) is 13.3. The molecule has 0 saturated carbocycles. The summed E-state index contributed by atoms with van der Waals surface area (Å²) in [5.41, 5.74) is 0.572. The molecule has 1 heterocycles. The van der Waals surface area contributed by atoms with Gasteiger partial charge in [-0.2, -0.15) is 5.10 Å². The van der Waals surface area contributed by atoms with Crippen LogP contribution in [0.1, 0.15) is 17.8 Å². The second-order valence-corrected chi connectivity index (χ2v) is 4.95. The van der Waals surface area contributed by atoms with Crippen molar-refractivity contribution in [2.45, 2.75) is 26.8 Å². The summed E-state index contributed by atoms with van der Waals surface area (Å²) in [6.45, 7) is 3.20. The number of rotatable bonds is 9. The molecule has 10 nitrogen and oxygen atoms in total. The normalized spacial score (nSPS) is 10.6. The molecule has 1 N–H and O–H groups in total. The van der Waals surface area contributed by atoms with Crippen LogP contribution in [0, 0.1) is 24.0 Å². The Labute approximate surface area is 132 Å². The van der Waals surface area contributed by atoms with Crippen molar-refractivity contribution in [1.82, 2.24) is 14.7 Å². The maximum atomic E-state index is 12.1. The second-order valence-electron chi connectivity index (χ2n) is 4.95. The maximum Gasteiger partial charge on any atom is 0.323 e. The van der Waals surface area contributed by atoms with E-state index in [1.54, 1.807) is 6.92 Å². The number of aliphatic carboxylic acids is 1. The van der Waals surface area contributed by atoms with Crippen molar-refractivity contribution < 1.29 is 24.4 Å². The molecular weight excluding hydrogens is 308 g/mol. The van der Waals surface area contributed by atoms with Gasteiger partial charge in [-0.15, -0.1) is 0 Å². The molecule has 0 radical (unpaired) electrons. The first-order chi connectivity index (χ1) is 10.8. The van der Waals surface area contributed by atoms with Crippen LogP contribution in [-0.2, 0) is 20.9 Å². The van der Waals surface area contributed by atoms with Crippen molar-refractivity contribution in [3.05, 3.63) is 21.5 Å². The fourth-order valence-corrected chi connectivity index (χ4v) is 2.19. The second kappa shape index (κ2) is 8.22. The Bertz CT molecular complexity index is 598. The number of ether oxygens (including phenoxy) is 1. The van der Waals surface area contributed by atoms with Crippen LogP contribution in [0.25, 0.3) is 0 Å². The largest absolute Gasteiger partial charge is 0.480 e. The fraction of sp³-hybridized carbons (Fsp3) is 0.615. The Morgan fingerprint density at radius 3 is 2.57 bits per heavy atom. The molecule has 1 aromatic rings. The van der Waals surface area contributed by atoms with E-state index in [0.717, 1.165) is 0 Å². The van der Waals surface area contributed by atoms with Gasteiger partial charge in [-0.25, -0.2) is 0 Å². The van der Waals surface area contributed by atoms with E-state index >= 15 is 0 Å². The molecule has 1 rings (SSSR count). The van der Waals surface area contributed by atoms with Gasteiger partial charge in [0.2, 0.25) is 5.91 Å². The fourth-order valence-electron chi connectivity index (χ4n) is 2.19. The van der Waals surface area contributed by atoms with Gasteiger partial charge in [-0.1, -0.05) is 0 Å². The molecule has 0 aliphatic carbocycles. The summed E-state index contributed by atoms with van der Waals surface area (Å²) < 4.78 is 6.24. The third-order valence-corrected chi connectivity index (χ3v) is 3.31. The summed E-state index contributed by atoms with van der Waals surface area (Å²) in [6, 6.07) is 0. The van der Waals surface area contributed by atoms with E-state index in [1.807, 2.05) is 0 Å². The van der Waals surface area contributed by atoms with E-state index in [0.29, 0.717) is 5.69 Å². The molecule has 0 saturated heterocycles. The number of amides is 1. The van der Waals surface area contributed by atoms with Crippen molar-refractivity contribution in [2.24, 2.45) is 0 Å². The van der Waals surface area contributed by atoms with Crippen LogP contribution in [0.5, 0.6) is 0 Å². The predicted molar refractivity (Wildman–Crippen MR) is 79.1 cm³/mol. The van der Waals surface area contributed by atoms with Crippen LogP contribution in [0.2, 0.25) is 0 Å². The Balaban J connectivity index is 2.75. The van der Waals surface area contributed by atoms with Gasteiger partial charge in [0, 0.05) is 20.1 Å². The number of aryl methyl sites for hydroxylation is 2. The molecule has 0 aromatic carbocycles. The zero-order chi connectivity index (χ0) is 17.6. The predicted octanol–water partition coefficient (Wildman–Crippen LogP) is 0.358. The standard InChI is InChI=1S/C13H20N4O6/c1-9-13(17(21)22)10(2)16(14-9)5-4-11(18)15(6-7-23-3)8-12(19)20/h4-8H2,1-3H3,(H,19,20). The summed E-state index contributed by atoms with van der Waals surface area (Å²) in [5, 5.41) is 23.8. The molecule has 0 unspecified atom stereocenters. The highest BCUT2D eigenvalue weighted by Gasteiger charge is 2.23. The highest BCUT2D eigenvalue weighted by molar-refractivity contribution is 5.81. The van der Waals surface area contributed by atoms with Crippen molar-refractivity contribution in [2.75, 3.05) is 26.8 Å². The van der Waals surface area contributed by atoms with Gasteiger partial charge in [-0.3, -0.25) is 24.4 Å². The number of carboxylic acids is 1. The number of carbonyl (C=O) groups is 2. The molecule has 1 amide bonds. The molecule has 0 fully saturated rings. The third-order valence-electron chi connectivity index (χ3n) is 3.31. The molecule has 0 atom stereocenters. The Morgan fingerprint density at radius 1 is 1.43 bits per heavy atom. The van der Waals surface area contributed by atoms with E-state index < -0.39 is 17.4 Å². The minimum absolute atomic E-state index is 0.00386. The highest BCUT2D eigenvalue weighted by atomic mass is 16.6. The molecule has 0 bridgehead atoms. The van der Waals surface area contributed by atoms with Gasteiger partial charge in [0.15, 0.2) is 0 Å². The molecule has 23 heavy (non-hydrogen) atoms. The van der Waals surface area contributed by atoms with Gasteiger partial charge >= 0.3 is 11.7 Å². The Hall–Kier alpha value is -2.49. The summed E-state index contributed by atoms with van der Waals surface area (Å²) >= 11 is 0. The van der Waals surface area contributed by atoms with Gasteiger partial charge < -0.3 is 14.7 Å². The lowest BCUT2D eigenvalue weighted by atomic mass is 10.3. The molecular formula is C13H20N4O6. The molecule has 1 aromatic heterocycles. The average Bonchev–Trinajstić information content (AvgIpc) is 2.74. The minimum Gasteiger partial charge on any atom is -0.480 e. The number of carbonyl (C=O) groups excluding carboxylic acids is 1. The van der Waals surface area contributed by atoms with Crippen molar-refractivity contribution >= 4 is 17.6 Å². The first kappa shape index (κ1) is 18.6. The number of hydrogen-bond acceptors (Lipinski definition) is 6. The van der Waals surface area contributed by atoms with Crippen molar-refractivity contribution in [3.63, 3.8) is 0 Å². The quantitative estimate of drug-likeness (QED) is 0.512. The molecule has 0 spiro atoms. The topological polar surface area (TPSA) is 128 Å². The lowest BCUT2D eigenvalue weighted by Crippen LogP contribution is -2.38. The average molecular weight is 328 g/mol. The number of aromatic nitrogens is 2. The minimum atomic E-state index is -1.11. The lowest BCUT2D eigenvalue weighted by molar-refractivity contribution is -0.386. The molecule has 0 aliphatic heterocycles. The van der Waals surface area contributed by atoms with E-state index in [9.17, 15) is 19.7 Å². The van der Waals surface area contributed by atoms with Gasteiger partial charge in [0.25, 0.3) is 0 Å². The zero-order valence-electron chi connectivity index (χ0n) is 13.3. The van der Waals surface area contributed by atoms with E-state index in [-0.39, 0.29) is 43.4 Å². The Kier molecular flexibility index (Phi) is 6.64. The molecule has 10 heteroatoms. The summed E-state index contributed by atoms with van der Waals surface area (Å²) in [5.74, 6) is -1.49. The van der Waals surface area contributed by atoms with Crippen LogP contribution in [-0.4, -0.2) is 63.4 Å². The van der Waals surface area contributed by atoms with Crippen LogP contribution >= 0.6 is 0 Å². The first-order valence-corrected chi connectivity index (χ1v) is 6.94. The van der Waals surface area contributed by atoms with Crippen LogP contribution < -0.4 is 0 Å². The van der Waals surface area contributed by atoms with Crippen molar-refractivity contribution in [3.8, 4) is 0 Å². The van der Waals surface area contributed by atoms with E-state index in [4.69, 9.17) is 9.84 Å². The number of methoxy groups -OCH3 is 1. The van der Waals surface area contributed by atoms with E-state index in [2.05, 4.69) is 5.10 Å².